The highest BCUT2D eigenvalue weighted by atomic mass is 15.1. The summed E-state index contributed by atoms with van der Waals surface area (Å²) in [5.74, 6) is 0. The molecule has 0 radical (unpaired) electrons. The fourth-order valence-electron chi connectivity index (χ4n) is 2.05. The minimum absolute atomic E-state index is 0.344. The van der Waals surface area contributed by atoms with Crippen LogP contribution in [0.4, 0.5) is 0 Å². The van der Waals surface area contributed by atoms with Gasteiger partial charge in [-0.1, -0.05) is 51.9 Å². The smallest absolute Gasteiger partial charge is 0.00226 e. The van der Waals surface area contributed by atoms with Crippen molar-refractivity contribution in [3.8, 4) is 0 Å². The number of unbranched alkanes of at least 4 members (excludes halogenated alkanes) is 7. The minimum Gasteiger partial charge on any atom is -0.328 e. The largest absolute Gasteiger partial charge is 0.328 e. The molecule has 0 bridgehead atoms. The first-order valence-corrected chi connectivity index (χ1v) is 7.61. The van der Waals surface area contributed by atoms with E-state index in [0.717, 1.165) is 13.0 Å². The highest BCUT2D eigenvalue weighted by Crippen LogP contribution is 2.08. The van der Waals surface area contributed by atoms with Gasteiger partial charge < -0.3 is 10.6 Å². The first kappa shape index (κ1) is 16.9. The van der Waals surface area contributed by atoms with E-state index < -0.39 is 0 Å². The van der Waals surface area contributed by atoms with Crippen LogP contribution in [0.15, 0.2) is 0 Å². The van der Waals surface area contributed by atoms with E-state index >= 15 is 0 Å². The van der Waals surface area contributed by atoms with Gasteiger partial charge >= 0.3 is 0 Å². The molecule has 1 atom stereocenters. The van der Waals surface area contributed by atoms with E-state index in [2.05, 4.69) is 25.8 Å². The Morgan fingerprint density at radius 2 is 1.41 bits per heavy atom. The SMILES string of the molecule is CCCCCCCCCCN(C)CCC(C)N. The predicted octanol–water partition coefficient (Wildman–Crippen LogP) is 3.80. The zero-order chi connectivity index (χ0) is 12.9. The summed E-state index contributed by atoms with van der Waals surface area (Å²) in [4.78, 5) is 2.42. The highest BCUT2D eigenvalue weighted by molar-refractivity contribution is 4.58. The zero-order valence-corrected chi connectivity index (χ0v) is 12.4. The van der Waals surface area contributed by atoms with Gasteiger partial charge in [0.15, 0.2) is 0 Å². The summed E-state index contributed by atoms with van der Waals surface area (Å²) in [7, 11) is 2.21. The van der Waals surface area contributed by atoms with Crippen molar-refractivity contribution < 1.29 is 0 Å². The molecule has 2 heteroatoms. The molecule has 0 saturated carbocycles. The number of nitrogens with zero attached hydrogens (tertiary/aromatic N) is 1. The van der Waals surface area contributed by atoms with Crippen LogP contribution in [0.1, 0.15) is 71.6 Å². The van der Waals surface area contributed by atoms with Crippen molar-refractivity contribution in [2.24, 2.45) is 5.73 Å². The lowest BCUT2D eigenvalue weighted by atomic mass is 10.1. The van der Waals surface area contributed by atoms with Gasteiger partial charge in [0, 0.05) is 6.04 Å². The van der Waals surface area contributed by atoms with E-state index in [0.29, 0.717) is 6.04 Å². The van der Waals surface area contributed by atoms with Gasteiger partial charge in [0.05, 0.1) is 0 Å². The van der Waals surface area contributed by atoms with Crippen LogP contribution in [0, 0.1) is 0 Å². The van der Waals surface area contributed by atoms with Crippen molar-refractivity contribution in [1.82, 2.24) is 4.90 Å². The van der Waals surface area contributed by atoms with E-state index in [4.69, 9.17) is 5.73 Å². The second-order valence-corrected chi connectivity index (χ2v) is 5.54. The molecule has 0 aromatic carbocycles. The fourth-order valence-corrected chi connectivity index (χ4v) is 2.05. The zero-order valence-electron chi connectivity index (χ0n) is 12.4. The highest BCUT2D eigenvalue weighted by Gasteiger charge is 2.00. The standard InChI is InChI=1S/C15H34N2/c1-4-5-6-7-8-9-10-11-13-17(3)14-12-15(2)16/h15H,4-14,16H2,1-3H3. The predicted molar refractivity (Wildman–Crippen MR) is 78.4 cm³/mol. The van der Waals surface area contributed by atoms with Crippen molar-refractivity contribution in [1.29, 1.82) is 0 Å². The molecule has 0 saturated heterocycles. The maximum atomic E-state index is 5.75. The second kappa shape index (κ2) is 12.4. The third-order valence-corrected chi connectivity index (χ3v) is 3.36. The summed E-state index contributed by atoms with van der Waals surface area (Å²) in [6.07, 6.45) is 12.4. The van der Waals surface area contributed by atoms with E-state index in [9.17, 15) is 0 Å². The molecule has 0 heterocycles. The average molecular weight is 242 g/mol. The summed E-state index contributed by atoms with van der Waals surface area (Å²) >= 11 is 0. The van der Waals surface area contributed by atoms with Gasteiger partial charge in [-0.05, 0) is 39.9 Å². The molecule has 1 unspecified atom stereocenters. The molecule has 2 N–H and O–H groups in total. The van der Waals surface area contributed by atoms with Crippen molar-refractivity contribution in [3.05, 3.63) is 0 Å². The van der Waals surface area contributed by atoms with Crippen LogP contribution in [0.25, 0.3) is 0 Å². The van der Waals surface area contributed by atoms with Crippen molar-refractivity contribution in [2.75, 3.05) is 20.1 Å². The van der Waals surface area contributed by atoms with Gasteiger partial charge in [-0.3, -0.25) is 0 Å². The Morgan fingerprint density at radius 1 is 0.882 bits per heavy atom. The monoisotopic (exact) mass is 242 g/mol. The number of hydrogen-bond acceptors (Lipinski definition) is 2. The van der Waals surface area contributed by atoms with Crippen LogP contribution in [-0.4, -0.2) is 31.1 Å². The van der Waals surface area contributed by atoms with Crippen LogP contribution in [0.3, 0.4) is 0 Å². The molecule has 0 spiro atoms. The summed E-state index contributed by atoms with van der Waals surface area (Å²) in [6.45, 7) is 6.75. The minimum atomic E-state index is 0.344. The molecule has 0 aliphatic rings. The lowest BCUT2D eigenvalue weighted by Gasteiger charge is -2.17. The third-order valence-electron chi connectivity index (χ3n) is 3.36. The summed E-state index contributed by atoms with van der Waals surface area (Å²) in [6, 6.07) is 0.344. The normalized spacial score (nSPS) is 13.2. The number of hydrogen-bond donors (Lipinski definition) is 1. The maximum Gasteiger partial charge on any atom is 0.00226 e. The van der Waals surface area contributed by atoms with E-state index in [-0.39, 0.29) is 0 Å². The van der Waals surface area contributed by atoms with Crippen molar-refractivity contribution in [3.63, 3.8) is 0 Å². The van der Waals surface area contributed by atoms with Gasteiger partial charge in [-0.2, -0.15) is 0 Å². The molecular weight excluding hydrogens is 208 g/mol. The van der Waals surface area contributed by atoms with Crippen molar-refractivity contribution in [2.45, 2.75) is 77.7 Å². The van der Waals surface area contributed by atoms with E-state index in [1.165, 1.54) is 57.9 Å². The molecule has 2 nitrogen and oxygen atoms in total. The quantitative estimate of drug-likeness (QED) is 0.528. The summed E-state index contributed by atoms with van der Waals surface area (Å²) in [5, 5.41) is 0. The second-order valence-electron chi connectivity index (χ2n) is 5.54. The van der Waals surface area contributed by atoms with Crippen molar-refractivity contribution >= 4 is 0 Å². The van der Waals surface area contributed by atoms with E-state index in [1.807, 2.05) is 0 Å². The Hall–Kier alpha value is -0.0800. The lowest BCUT2D eigenvalue weighted by Crippen LogP contribution is -2.26. The first-order chi connectivity index (χ1) is 8.16. The van der Waals surface area contributed by atoms with Crippen LogP contribution < -0.4 is 5.73 Å². The molecule has 0 aromatic rings. The van der Waals surface area contributed by atoms with Gasteiger partial charge in [0.2, 0.25) is 0 Å². The first-order valence-electron chi connectivity index (χ1n) is 7.61. The van der Waals surface area contributed by atoms with Gasteiger partial charge in [-0.25, -0.2) is 0 Å². The van der Waals surface area contributed by atoms with Crippen LogP contribution in [-0.2, 0) is 0 Å². The van der Waals surface area contributed by atoms with Gasteiger partial charge in [0.1, 0.15) is 0 Å². The van der Waals surface area contributed by atoms with Crippen LogP contribution in [0.2, 0.25) is 0 Å². The lowest BCUT2D eigenvalue weighted by molar-refractivity contribution is 0.311. The molecular formula is C15H34N2. The van der Waals surface area contributed by atoms with Crippen LogP contribution >= 0.6 is 0 Å². The maximum absolute atomic E-state index is 5.75. The van der Waals surface area contributed by atoms with Gasteiger partial charge in [0.25, 0.3) is 0 Å². The van der Waals surface area contributed by atoms with Gasteiger partial charge in [-0.15, -0.1) is 0 Å². The molecule has 0 aliphatic heterocycles. The Balaban J connectivity index is 3.11. The number of rotatable bonds is 12. The third kappa shape index (κ3) is 13.9. The molecule has 0 aliphatic carbocycles. The summed E-state index contributed by atoms with van der Waals surface area (Å²) < 4.78 is 0. The molecule has 0 rings (SSSR count). The Morgan fingerprint density at radius 3 is 1.94 bits per heavy atom. The molecule has 17 heavy (non-hydrogen) atoms. The van der Waals surface area contributed by atoms with E-state index in [1.54, 1.807) is 0 Å². The Labute approximate surface area is 109 Å². The average Bonchev–Trinajstić information content (AvgIpc) is 2.30. The molecule has 0 amide bonds. The molecule has 0 fully saturated rings. The number of nitrogens with two attached hydrogens (primary N) is 1. The molecule has 104 valence electrons. The topological polar surface area (TPSA) is 29.3 Å². The Bertz CT molecular complexity index is 146. The molecule has 0 aromatic heterocycles. The fraction of sp³-hybridized carbons (Fsp3) is 1.00. The van der Waals surface area contributed by atoms with Crippen LogP contribution in [0.5, 0.6) is 0 Å². The Kier molecular flexibility index (Phi) is 12.3. The summed E-state index contributed by atoms with van der Waals surface area (Å²) in [5.41, 5.74) is 5.75.